The molecule has 1 aliphatic carbocycles. The highest BCUT2D eigenvalue weighted by molar-refractivity contribution is 7.91. The molecule has 0 saturated heterocycles. The van der Waals surface area contributed by atoms with Gasteiger partial charge < -0.3 is 4.90 Å². The van der Waals surface area contributed by atoms with Crippen LogP contribution in [-0.2, 0) is 27.8 Å². The van der Waals surface area contributed by atoms with Crippen molar-refractivity contribution in [3.8, 4) is 0 Å². The maximum absolute atomic E-state index is 12.4. The quantitative estimate of drug-likeness (QED) is 0.921. The molecule has 3 rings (SSSR count). The third kappa shape index (κ3) is 3.14. The second-order valence-electron chi connectivity index (χ2n) is 5.81. The van der Waals surface area contributed by atoms with E-state index in [1.54, 1.807) is 17.9 Å². The van der Waals surface area contributed by atoms with Crippen LogP contribution in [0.15, 0.2) is 10.3 Å². The second kappa shape index (κ2) is 5.70. The van der Waals surface area contributed by atoms with Crippen LogP contribution in [0.1, 0.15) is 43.0 Å². The van der Waals surface area contributed by atoms with E-state index in [1.165, 1.54) is 11.3 Å². The third-order valence-corrected chi connectivity index (χ3v) is 7.46. The first-order valence-corrected chi connectivity index (χ1v) is 9.65. The number of fused-ring (bicyclic) bond motifs is 1. The molecule has 1 aliphatic heterocycles. The fraction of sp³-hybridized carbons (Fsp3) is 0.643. The zero-order chi connectivity index (χ0) is 15.0. The van der Waals surface area contributed by atoms with Gasteiger partial charge in [0.25, 0.3) is 0 Å². The zero-order valence-corrected chi connectivity index (χ0v) is 13.7. The number of rotatable bonds is 3. The summed E-state index contributed by atoms with van der Waals surface area (Å²) < 4.78 is 28.1. The molecule has 0 radical (unpaired) electrons. The van der Waals surface area contributed by atoms with Crippen LogP contribution in [0, 0.1) is 0 Å². The number of nitrogens with one attached hydrogen (secondary N) is 1. The van der Waals surface area contributed by atoms with Gasteiger partial charge in [0.2, 0.25) is 15.9 Å². The average molecular weight is 328 g/mol. The largest absolute Gasteiger partial charge is 0.338 e. The van der Waals surface area contributed by atoms with Crippen LogP contribution in [0.25, 0.3) is 0 Å². The second-order valence-corrected chi connectivity index (χ2v) is 8.88. The highest BCUT2D eigenvalue weighted by Crippen LogP contribution is 2.31. The summed E-state index contributed by atoms with van der Waals surface area (Å²) >= 11 is 1.35. The zero-order valence-electron chi connectivity index (χ0n) is 12.1. The van der Waals surface area contributed by atoms with Gasteiger partial charge in [-0.2, -0.15) is 0 Å². The van der Waals surface area contributed by atoms with Crippen molar-refractivity contribution in [2.24, 2.45) is 0 Å². The van der Waals surface area contributed by atoms with Gasteiger partial charge in [-0.05, 0) is 30.9 Å². The number of hydrogen-bond acceptors (Lipinski definition) is 4. The highest BCUT2D eigenvalue weighted by atomic mass is 32.2. The minimum absolute atomic E-state index is 0.0420. The molecule has 0 atom stereocenters. The minimum atomic E-state index is -3.41. The molecule has 2 aliphatic rings. The molecular formula is C14H20N2O3S2. The molecule has 1 amide bonds. The van der Waals surface area contributed by atoms with Crippen molar-refractivity contribution in [3.63, 3.8) is 0 Å². The molecule has 21 heavy (non-hydrogen) atoms. The van der Waals surface area contributed by atoms with Gasteiger partial charge in [-0.25, -0.2) is 13.1 Å². The van der Waals surface area contributed by atoms with Crippen LogP contribution < -0.4 is 4.72 Å². The molecule has 5 nitrogen and oxygen atoms in total. The Labute approximate surface area is 129 Å². The van der Waals surface area contributed by atoms with Gasteiger partial charge in [0.05, 0.1) is 0 Å². The van der Waals surface area contributed by atoms with E-state index in [-0.39, 0.29) is 11.9 Å². The standard InChI is InChI=1S/C14H20N2O3S2/c1-10(17)16-7-6-13-11(9-16)8-14(20-13)21(18,19)15-12-4-2-3-5-12/h8,12,15H,2-7,9H2,1H3. The molecule has 1 aromatic heterocycles. The summed E-state index contributed by atoms with van der Waals surface area (Å²) in [6, 6.07) is 1.83. The summed E-state index contributed by atoms with van der Waals surface area (Å²) in [5.41, 5.74) is 0.980. The predicted molar refractivity (Wildman–Crippen MR) is 81.7 cm³/mol. The van der Waals surface area contributed by atoms with Gasteiger partial charge in [0.15, 0.2) is 0 Å². The maximum atomic E-state index is 12.4. The van der Waals surface area contributed by atoms with E-state index in [2.05, 4.69) is 4.72 Å². The van der Waals surface area contributed by atoms with Gasteiger partial charge in [0, 0.05) is 30.9 Å². The average Bonchev–Trinajstić information content (AvgIpc) is 3.05. The van der Waals surface area contributed by atoms with Crippen LogP contribution in [0.3, 0.4) is 0 Å². The molecule has 1 aromatic rings. The van der Waals surface area contributed by atoms with E-state index < -0.39 is 10.0 Å². The first-order chi connectivity index (χ1) is 9.95. The van der Waals surface area contributed by atoms with Crippen molar-refractivity contribution in [1.29, 1.82) is 0 Å². The summed E-state index contributed by atoms with van der Waals surface area (Å²) in [5, 5.41) is 0. The Balaban J connectivity index is 1.79. The number of nitrogens with zero attached hydrogens (tertiary/aromatic N) is 1. The summed E-state index contributed by atoms with van der Waals surface area (Å²) in [6.45, 7) is 2.76. The van der Waals surface area contributed by atoms with Crippen molar-refractivity contribution in [2.45, 2.75) is 55.8 Å². The van der Waals surface area contributed by atoms with Gasteiger partial charge in [-0.3, -0.25) is 4.79 Å². The minimum Gasteiger partial charge on any atom is -0.338 e. The molecule has 116 valence electrons. The van der Waals surface area contributed by atoms with Crippen molar-refractivity contribution in [2.75, 3.05) is 6.54 Å². The fourth-order valence-corrected chi connectivity index (χ4v) is 5.89. The predicted octanol–water partition coefficient (Wildman–Crippen LogP) is 1.87. The lowest BCUT2D eigenvalue weighted by molar-refractivity contribution is -0.129. The Kier molecular flexibility index (Phi) is 4.07. The van der Waals surface area contributed by atoms with E-state index in [0.717, 1.165) is 42.5 Å². The molecule has 0 spiro atoms. The lowest BCUT2D eigenvalue weighted by Crippen LogP contribution is -2.33. The molecule has 7 heteroatoms. The van der Waals surface area contributed by atoms with E-state index in [9.17, 15) is 13.2 Å². The number of hydrogen-bond donors (Lipinski definition) is 1. The highest BCUT2D eigenvalue weighted by Gasteiger charge is 2.27. The Morgan fingerprint density at radius 2 is 2.10 bits per heavy atom. The van der Waals surface area contributed by atoms with Crippen molar-refractivity contribution >= 4 is 27.3 Å². The van der Waals surface area contributed by atoms with Crippen LogP contribution in [-0.4, -0.2) is 31.8 Å². The first-order valence-electron chi connectivity index (χ1n) is 7.35. The van der Waals surface area contributed by atoms with E-state index in [1.807, 2.05) is 0 Å². The van der Waals surface area contributed by atoms with E-state index in [0.29, 0.717) is 17.3 Å². The van der Waals surface area contributed by atoms with Gasteiger partial charge in [-0.15, -0.1) is 11.3 Å². The van der Waals surface area contributed by atoms with Crippen molar-refractivity contribution in [1.82, 2.24) is 9.62 Å². The summed E-state index contributed by atoms with van der Waals surface area (Å²) in [5.74, 6) is 0.0420. The first kappa shape index (κ1) is 15.0. The normalized spacial score (nSPS) is 19.8. The van der Waals surface area contributed by atoms with Crippen molar-refractivity contribution < 1.29 is 13.2 Å². The van der Waals surface area contributed by atoms with Gasteiger partial charge in [0.1, 0.15) is 4.21 Å². The fourth-order valence-electron chi connectivity index (χ4n) is 3.03. The SMILES string of the molecule is CC(=O)N1CCc2sc(S(=O)(=O)NC3CCCC3)cc2C1. The lowest BCUT2D eigenvalue weighted by atomic mass is 10.1. The Bertz CT molecular complexity index is 645. The van der Waals surface area contributed by atoms with Crippen LogP contribution >= 0.6 is 11.3 Å². The summed E-state index contributed by atoms with van der Waals surface area (Å²) in [6.07, 6.45) is 4.81. The molecule has 0 bridgehead atoms. The number of sulfonamides is 1. The van der Waals surface area contributed by atoms with E-state index >= 15 is 0 Å². The molecule has 1 fully saturated rings. The smallest absolute Gasteiger partial charge is 0.250 e. The van der Waals surface area contributed by atoms with Crippen LogP contribution in [0.2, 0.25) is 0 Å². The topological polar surface area (TPSA) is 66.5 Å². The number of carbonyl (C=O) groups excluding carboxylic acids is 1. The maximum Gasteiger partial charge on any atom is 0.250 e. The molecule has 1 N–H and O–H groups in total. The van der Waals surface area contributed by atoms with Gasteiger partial charge in [-0.1, -0.05) is 12.8 Å². The Morgan fingerprint density at radius 1 is 1.38 bits per heavy atom. The number of amides is 1. The summed E-state index contributed by atoms with van der Waals surface area (Å²) in [7, 11) is -3.41. The van der Waals surface area contributed by atoms with Gasteiger partial charge >= 0.3 is 0 Å². The number of thiophene rings is 1. The summed E-state index contributed by atoms with van der Waals surface area (Å²) in [4.78, 5) is 14.3. The monoisotopic (exact) mass is 328 g/mol. The Morgan fingerprint density at radius 3 is 2.76 bits per heavy atom. The Hall–Kier alpha value is -0.920. The molecule has 2 heterocycles. The van der Waals surface area contributed by atoms with E-state index in [4.69, 9.17) is 0 Å². The number of carbonyl (C=O) groups is 1. The molecule has 0 aromatic carbocycles. The lowest BCUT2D eigenvalue weighted by Gasteiger charge is -2.25. The molecule has 0 unspecified atom stereocenters. The van der Waals surface area contributed by atoms with Crippen LogP contribution in [0.5, 0.6) is 0 Å². The van der Waals surface area contributed by atoms with Crippen molar-refractivity contribution in [3.05, 3.63) is 16.5 Å². The third-order valence-electron chi connectivity index (χ3n) is 4.23. The molecule has 1 saturated carbocycles. The van der Waals surface area contributed by atoms with Crippen LogP contribution in [0.4, 0.5) is 0 Å². The molecular weight excluding hydrogens is 308 g/mol.